The molecule has 1 fully saturated rings. The Bertz CT molecular complexity index is 924. The van der Waals surface area contributed by atoms with E-state index in [1.807, 2.05) is 6.92 Å². The van der Waals surface area contributed by atoms with Crippen LogP contribution in [-0.4, -0.2) is 57.0 Å². The van der Waals surface area contributed by atoms with Crippen LogP contribution in [0.5, 0.6) is 0 Å². The number of anilines is 2. The highest BCUT2D eigenvalue weighted by Crippen LogP contribution is 2.39. The van der Waals surface area contributed by atoms with Crippen molar-refractivity contribution in [3.05, 3.63) is 24.4 Å². The molecule has 0 spiro atoms. The summed E-state index contributed by atoms with van der Waals surface area (Å²) in [5.41, 5.74) is 0.715. The standard InChI is InChI=1S/C20H26N8O/c1-3-15-19(29)26(2)16-12-24-20(25-18(16)28(15)14-6-4-5-7-14)27-9-8-23-17(27)13(10-21)11-22/h8-15,21-22H,3-7H2,1-2H3. The number of imidazole rings is 1. The monoisotopic (exact) mass is 394 g/mol. The van der Waals surface area contributed by atoms with E-state index in [4.69, 9.17) is 15.8 Å². The molecule has 152 valence electrons. The molecule has 1 unspecified atom stereocenters. The number of amides is 1. The van der Waals surface area contributed by atoms with Gasteiger partial charge in [-0.25, -0.2) is 9.97 Å². The summed E-state index contributed by atoms with van der Waals surface area (Å²) in [6, 6.07) is 0.0776. The number of likely N-dealkylation sites (N-methyl/N-ethyl adjacent to an activating group) is 1. The van der Waals surface area contributed by atoms with Gasteiger partial charge in [-0.2, -0.15) is 4.98 Å². The van der Waals surface area contributed by atoms with Crippen molar-refractivity contribution in [3.63, 3.8) is 0 Å². The van der Waals surface area contributed by atoms with Gasteiger partial charge in [-0.3, -0.25) is 9.36 Å². The van der Waals surface area contributed by atoms with Crippen LogP contribution >= 0.6 is 0 Å². The number of fused-ring (bicyclic) bond motifs is 1. The van der Waals surface area contributed by atoms with Gasteiger partial charge in [0.25, 0.3) is 0 Å². The Morgan fingerprint density at radius 2 is 1.97 bits per heavy atom. The first-order chi connectivity index (χ1) is 14.1. The highest BCUT2D eigenvalue weighted by Gasteiger charge is 2.41. The molecule has 1 aliphatic carbocycles. The maximum Gasteiger partial charge on any atom is 0.249 e. The van der Waals surface area contributed by atoms with Crippen molar-refractivity contribution in [2.45, 2.75) is 57.0 Å². The molecule has 0 radical (unpaired) electrons. The van der Waals surface area contributed by atoms with E-state index in [1.165, 1.54) is 25.3 Å². The second-order valence-corrected chi connectivity index (χ2v) is 7.56. The predicted molar refractivity (Wildman–Crippen MR) is 112 cm³/mol. The van der Waals surface area contributed by atoms with E-state index in [2.05, 4.69) is 14.9 Å². The lowest BCUT2D eigenvalue weighted by atomic mass is 10.0. The van der Waals surface area contributed by atoms with Crippen LogP contribution in [0.3, 0.4) is 0 Å². The Labute approximate surface area is 169 Å². The van der Waals surface area contributed by atoms with Gasteiger partial charge in [0, 0.05) is 37.9 Å². The summed E-state index contributed by atoms with van der Waals surface area (Å²) in [5.74, 6) is 1.28. The summed E-state index contributed by atoms with van der Waals surface area (Å²) in [6.45, 7) is 2.04. The van der Waals surface area contributed by atoms with Crippen LogP contribution in [0.15, 0.2) is 18.6 Å². The van der Waals surface area contributed by atoms with Gasteiger partial charge >= 0.3 is 0 Å². The minimum Gasteiger partial charge on any atom is -0.340 e. The van der Waals surface area contributed by atoms with Crippen molar-refractivity contribution in [2.75, 3.05) is 16.8 Å². The molecule has 0 aromatic carbocycles. The number of nitrogens with zero attached hydrogens (tertiary/aromatic N) is 6. The quantitative estimate of drug-likeness (QED) is 0.731. The minimum absolute atomic E-state index is 0.0826. The highest BCUT2D eigenvalue weighted by atomic mass is 16.2. The predicted octanol–water partition coefficient (Wildman–Crippen LogP) is 2.55. The van der Waals surface area contributed by atoms with Crippen molar-refractivity contribution < 1.29 is 4.79 Å². The summed E-state index contributed by atoms with van der Waals surface area (Å²) in [4.78, 5) is 30.5. The molecule has 2 aliphatic rings. The summed E-state index contributed by atoms with van der Waals surface area (Å²) in [7, 11) is 1.78. The Balaban J connectivity index is 1.84. The molecule has 9 nitrogen and oxygen atoms in total. The third kappa shape index (κ3) is 3.10. The van der Waals surface area contributed by atoms with Crippen LogP contribution in [0, 0.1) is 10.8 Å². The molecule has 1 amide bonds. The zero-order valence-electron chi connectivity index (χ0n) is 16.7. The van der Waals surface area contributed by atoms with Crippen LogP contribution in [0.25, 0.3) is 5.95 Å². The maximum absolute atomic E-state index is 13.0. The van der Waals surface area contributed by atoms with Gasteiger partial charge in [0.1, 0.15) is 17.6 Å². The molecule has 1 aliphatic heterocycles. The fraction of sp³-hybridized carbons (Fsp3) is 0.500. The van der Waals surface area contributed by atoms with Crippen LogP contribution in [0.2, 0.25) is 0 Å². The second kappa shape index (κ2) is 7.73. The lowest BCUT2D eigenvalue weighted by Gasteiger charge is -2.43. The zero-order chi connectivity index (χ0) is 20.5. The Morgan fingerprint density at radius 1 is 1.24 bits per heavy atom. The molecule has 4 rings (SSSR count). The summed E-state index contributed by atoms with van der Waals surface area (Å²) in [5, 5.41) is 15.1. The van der Waals surface area contributed by atoms with Gasteiger partial charge in [-0.15, -0.1) is 0 Å². The first kappa shape index (κ1) is 19.2. The SMILES string of the molecule is CCC1C(=O)N(C)c2cnc(-n3ccnc3C(C=N)C=N)nc2N1C1CCCC1. The molecule has 1 saturated carbocycles. The number of rotatable bonds is 6. The normalized spacial score (nSPS) is 20.6. The lowest BCUT2D eigenvalue weighted by Crippen LogP contribution is -2.55. The third-order valence-corrected chi connectivity index (χ3v) is 5.94. The Morgan fingerprint density at radius 3 is 2.62 bits per heavy atom. The van der Waals surface area contributed by atoms with E-state index < -0.39 is 5.92 Å². The molecular formula is C20H26N8O. The number of nitrogens with one attached hydrogen (secondary N) is 2. The van der Waals surface area contributed by atoms with Crippen molar-refractivity contribution >= 4 is 29.8 Å². The number of hydrogen-bond donors (Lipinski definition) is 2. The van der Waals surface area contributed by atoms with Gasteiger partial charge < -0.3 is 20.6 Å². The molecule has 2 aromatic rings. The summed E-state index contributed by atoms with van der Waals surface area (Å²) >= 11 is 0. The third-order valence-electron chi connectivity index (χ3n) is 5.94. The average molecular weight is 394 g/mol. The average Bonchev–Trinajstić information content (AvgIpc) is 3.43. The van der Waals surface area contributed by atoms with Gasteiger partial charge in [0.15, 0.2) is 5.82 Å². The van der Waals surface area contributed by atoms with Crippen LogP contribution in [0.1, 0.15) is 50.8 Å². The summed E-state index contributed by atoms with van der Waals surface area (Å²) < 4.78 is 1.71. The fourth-order valence-corrected chi connectivity index (χ4v) is 4.42. The first-order valence-electron chi connectivity index (χ1n) is 10.1. The smallest absolute Gasteiger partial charge is 0.249 e. The van der Waals surface area contributed by atoms with Gasteiger partial charge in [0.2, 0.25) is 11.9 Å². The van der Waals surface area contributed by atoms with Crippen molar-refractivity contribution in [3.8, 4) is 5.95 Å². The highest BCUT2D eigenvalue weighted by molar-refractivity contribution is 6.04. The molecule has 2 aromatic heterocycles. The number of aromatic nitrogens is 4. The van der Waals surface area contributed by atoms with E-state index in [0.717, 1.165) is 25.1 Å². The van der Waals surface area contributed by atoms with E-state index in [-0.39, 0.29) is 11.9 Å². The van der Waals surface area contributed by atoms with Crippen molar-refractivity contribution in [1.29, 1.82) is 10.8 Å². The molecular weight excluding hydrogens is 368 g/mol. The van der Waals surface area contributed by atoms with E-state index in [0.29, 0.717) is 23.5 Å². The number of carbonyl (C=O) groups excluding carboxylic acids is 1. The largest absolute Gasteiger partial charge is 0.340 e. The molecule has 3 heterocycles. The van der Waals surface area contributed by atoms with E-state index >= 15 is 0 Å². The lowest BCUT2D eigenvalue weighted by molar-refractivity contribution is -0.120. The molecule has 2 N–H and O–H groups in total. The molecule has 0 bridgehead atoms. The molecule has 29 heavy (non-hydrogen) atoms. The second-order valence-electron chi connectivity index (χ2n) is 7.56. The summed E-state index contributed by atoms with van der Waals surface area (Å²) in [6.07, 6.45) is 12.6. The fourth-order valence-electron chi connectivity index (χ4n) is 4.42. The van der Waals surface area contributed by atoms with Crippen molar-refractivity contribution in [2.24, 2.45) is 0 Å². The van der Waals surface area contributed by atoms with E-state index in [1.54, 1.807) is 35.1 Å². The van der Waals surface area contributed by atoms with Crippen LogP contribution in [0.4, 0.5) is 11.5 Å². The number of hydrogen-bond acceptors (Lipinski definition) is 7. The van der Waals surface area contributed by atoms with Gasteiger partial charge in [-0.1, -0.05) is 19.8 Å². The first-order valence-corrected chi connectivity index (χ1v) is 10.1. The minimum atomic E-state index is -0.539. The van der Waals surface area contributed by atoms with E-state index in [9.17, 15) is 4.79 Å². The topological polar surface area (TPSA) is 115 Å². The molecule has 1 atom stereocenters. The molecule has 9 heteroatoms. The Hall–Kier alpha value is -3.10. The zero-order valence-corrected chi connectivity index (χ0v) is 16.7. The Kier molecular flexibility index (Phi) is 5.12. The van der Waals surface area contributed by atoms with Gasteiger partial charge in [-0.05, 0) is 19.3 Å². The van der Waals surface area contributed by atoms with Gasteiger partial charge in [0.05, 0.1) is 12.1 Å². The maximum atomic E-state index is 13.0. The van der Waals surface area contributed by atoms with Crippen LogP contribution in [-0.2, 0) is 4.79 Å². The van der Waals surface area contributed by atoms with Crippen molar-refractivity contribution in [1.82, 2.24) is 19.5 Å². The van der Waals surface area contributed by atoms with Crippen LogP contribution < -0.4 is 9.80 Å². The molecule has 0 saturated heterocycles. The number of carbonyl (C=O) groups is 1.